The van der Waals surface area contributed by atoms with Gasteiger partial charge in [0.05, 0.1) is 5.69 Å². The van der Waals surface area contributed by atoms with Gasteiger partial charge in [-0.2, -0.15) is 0 Å². The number of rotatable bonds is 6. The minimum absolute atomic E-state index is 0.461. The van der Waals surface area contributed by atoms with Gasteiger partial charge in [-0.15, -0.1) is 0 Å². The number of hydrogen-bond acceptors (Lipinski definition) is 4. The van der Waals surface area contributed by atoms with E-state index in [1.807, 2.05) is 54.6 Å². The maximum atomic E-state index is 6.19. The Morgan fingerprint density at radius 2 is 1.50 bits per heavy atom. The first-order valence-corrected chi connectivity index (χ1v) is 10.1. The van der Waals surface area contributed by atoms with Crippen molar-refractivity contribution in [3.63, 3.8) is 0 Å². The van der Waals surface area contributed by atoms with Crippen molar-refractivity contribution in [3.8, 4) is 11.5 Å². The lowest BCUT2D eigenvalue weighted by Gasteiger charge is -2.18. The van der Waals surface area contributed by atoms with E-state index >= 15 is 0 Å². The number of benzene rings is 3. The van der Waals surface area contributed by atoms with Gasteiger partial charge in [0.25, 0.3) is 0 Å². The molecule has 2 heterocycles. The Morgan fingerprint density at radius 1 is 0.767 bits per heavy atom. The predicted molar refractivity (Wildman–Crippen MR) is 121 cm³/mol. The number of anilines is 1. The first kappa shape index (κ1) is 18.3. The molecule has 0 atom stereocenters. The molecule has 0 fully saturated rings. The fourth-order valence-electron chi connectivity index (χ4n) is 3.69. The van der Waals surface area contributed by atoms with E-state index in [-0.39, 0.29) is 0 Å². The van der Waals surface area contributed by atoms with Gasteiger partial charge in [0.1, 0.15) is 30.2 Å². The number of pyridine rings is 1. The van der Waals surface area contributed by atoms with E-state index in [0.29, 0.717) is 13.2 Å². The van der Waals surface area contributed by atoms with E-state index < -0.39 is 0 Å². The summed E-state index contributed by atoms with van der Waals surface area (Å²) in [6, 6.07) is 24.3. The van der Waals surface area contributed by atoms with Crippen LogP contribution < -0.4 is 14.8 Å². The van der Waals surface area contributed by atoms with Crippen LogP contribution in [0.3, 0.4) is 0 Å². The summed E-state index contributed by atoms with van der Waals surface area (Å²) in [7, 11) is 0. The Balaban J connectivity index is 1.33. The molecule has 0 aliphatic carbocycles. The van der Waals surface area contributed by atoms with Crippen molar-refractivity contribution >= 4 is 22.7 Å². The minimum atomic E-state index is 0.461. The van der Waals surface area contributed by atoms with Gasteiger partial charge in [-0.05, 0) is 29.3 Å². The average molecular weight is 394 g/mol. The molecule has 0 amide bonds. The number of fused-ring (bicyclic) bond motifs is 2. The molecule has 5 rings (SSSR count). The smallest absolute Gasteiger partial charge is 0.146 e. The third-order valence-corrected chi connectivity index (χ3v) is 5.23. The molecule has 1 aliphatic heterocycles. The van der Waals surface area contributed by atoms with E-state index in [0.717, 1.165) is 51.3 Å². The lowest BCUT2D eigenvalue weighted by molar-refractivity contribution is 0.287. The quantitative estimate of drug-likeness (QED) is 0.447. The molecule has 1 aromatic heterocycles. The summed E-state index contributed by atoms with van der Waals surface area (Å²) in [5.41, 5.74) is 5.29. The van der Waals surface area contributed by atoms with E-state index in [4.69, 9.17) is 9.47 Å². The number of para-hydroxylation sites is 2. The Labute approximate surface area is 175 Å². The summed E-state index contributed by atoms with van der Waals surface area (Å²) in [6.07, 6.45) is 6.03. The summed E-state index contributed by atoms with van der Waals surface area (Å²) < 4.78 is 12.3. The highest BCUT2D eigenvalue weighted by Gasteiger charge is 2.11. The van der Waals surface area contributed by atoms with Gasteiger partial charge in [0.15, 0.2) is 0 Å². The number of aromatic nitrogens is 1. The Bertz CT molecular complexity index is 1210. The Hall–Kier alpha value is -3.79. The summed E-state index contributed by atoms with van der Waals surface area (Å²) in [5.74, 6) is 1.66. The van der Waals surface area contributed by atoms with Crippen LogP contribution in [-0.2, 0) is 13.2 Å². The molecule has 4 nitrogen and oxygen atoms in total. The van der Waals surface area contributed by atoms with E-state index in [1.54, 1.807) is 6.20 Å². The third kappa shape index (κ3) is 3.72. The van der Waals surface area contributed by atoms with Crippen molar-refractivity contribution in [2.75, 3.05) is 11.9 Å². The Morgan fingerprint density at radius 3 is 2.37 bits per heavy atom. The zero-order valence-corrected chi connectivity index (χ0v) is 16.5. The molecule has 0 saturated carbocycles. The molecular formula is C26H22N2O2. The van der Waals surface area contributed by atoms with Crippen molar-refractivity contribution in [1.29, 1.82) is 0 Å². The molecule has 3 aromatic carbocycles. The number of hydrogen-bond donors (Lipinski definition) is 1. The fourth-order valence-corrected chi connectivity index (χ4v) is 3.69. The molecule has 0 bridgehead atoms. The predicted octanol–water partition coefficient (Wildman–Crippen LogP) is 5.83. The first-order chi connectivity index (χ1) is 14.9. The van der Waals surface area contributed by atoms with Crippen LogP contribution >= 0.6 is 0 Å². The topological polar surface area (TPSA) is 43.4 Å². The molecule has 0 radical (unpaired) electrons. The average Bonchev–Trinajstić information content (AvgIpc) is 2.82. The van der Waals surface area contributed by atoms with Gasteiger partial charge in [0, 0.05) is 23.7 Å². The van der Waals surface area contributed by atoms with Gasteiger partial charge < -0.3 is 14.8 Å². The highest BCUT2D eigenvalue weighted by molar-refractivity contribution is 5.84. The van der Waals surface area contributed by atoms with Crippen LogP contribution in [0, 0.1) is 0 Å². The van der Waals surface area contributed by atoms with Crippen molar-refractivity contribution < 1.29 is 9.47 Å². The van der Waals surface area contributed by atoms with Crippen molar-refractivity contribution in [3.05, 3.63) is 102 Å². The standard InChI is InChI=1S/C26H22N2O2/c1-2-8-22(18-30-24-14-4-10-20-12-6-16-28-26(20)24)21(7-1)17-29-23-13-3-9-19-11-5-15-27-25(19)23/h1-15,28H,16-18H2. The highest BCUT2D eigenvalue weighted by Crippen LogP contribution is 2.32. The summed E-state index contributed by atoms with van der Waals surface area (Å²) in [5, 5.41) is 4.47. The van der Waals surface area contributed by atoms with Crippen LogP contribution in [-0.4, -0.2) is 11.5 Å². The van der Waals surface area contributed by atoms with Crippen LogP contribution in [0.25, 0.3) is 17.0 Å². The van der Waals surface area contributed by atoms with E-state index in [2.05, 4.69) is 40.7 Å². The molecule has 4 aromatic rings. The minimum Gasteiger partial charge on any atom is -0.487 e. The molecule has 1 N–H and O–H groups in total. The van der Waals surface area contributed by atoms with Crippen LogP contribution in [0.15, 0.2) is 85.1 Å². The van der Waals surface area contributed by atoms with Crippen LogP contribution in [0.2, 0.25) is 0 Å². The van der Waals surface area contributed by atoms with E-state index in [1.165, 1.54) is 0 Å². The zero-order valence-electron chi connectivity index (χ0n) is 16.5. The van der Waals surface area contributed by atoms with Crippen LogP contribution in [0.4, 0.5) is 5.69 Å². The molecule has 0 unspecified atom stereocenters. The lowest BCUT2D eigenvalue weighted by atomic mass is 10.1. The summed E-state index contributed by atoms with van der Waals surface area (Å²) in [6.45, 7) is 1.76. The zero-order chi connectivity index (χ0) is 20.2. The van der Waals surface area contributed by atoms with Crippen LogP contribution in [0.1, 0.15) is 16.7 Å². The number of ether oxygens (including phenoxy) is 2. The maximum absolute atomic E-state index is 6.19. The SMILES string of the molecule is C1=Cc2cccc(OCc3ccccc3COc3cccc4cccnc34)c2NC1. The largest absolute Gasteiger partial charge is 0.487 e. The van der Waals surface area contributed by atoms with Gasteiger partial charge in [-0.3, -0.25) is 4.98 Å². The van der Waals surface area contributed by atoms with Gasteiger partial charge in [0.2, 0.25) is 0 Å². The normalized spacial score (nSPS) is 12.3. The molecule has 4 heteroatoms. The second kappa shape index (κ2) is 8.29. The van der Waals surface area contributed by atoms with E-state index in [9.17, 15) is 0 Å². The fraction of sp³-hybridized carbons (Fsp3) is 0.115. The highest BCUT2D eigenvalue weighted by atomic mass is 16.5. The monoisotopic (exact) mass is 394 g/mol. The molecule has 0 spiro atoms. The van der Waals surface area contributed by atoms with Gasteiger partial charge >= 0.3 is 0 Å². The lowest BCUT2D eigenvalue weighted by Crippen LogP contribution is -2.08. The number of nitrogens with zero attached hydrogens (tertiary/aromatic N) is 1. The first-order valence-electron chi connectivity index (χ1n) is 10.1. The third-order valence-electron chi connectivity index (χ3n) is 5.23. The van der Waals surface area contributed by atoms with Crippen molar-refractivity contribution in [1.82, 2.24) is 4.98 Å². The maximum Gasteiger partial charge on any atom is 0.146 e. The summed E-state index contributed by atoms with van der Waals surface area (Å²) in [4.78, 5) is 4.47. The molecule has 0 saturated heterocycles. The van der Waals surface area contributed by atoms with Crippen molar-refractivity contribution in [2.24, 2.45) is 0 Å². The molecule has 148 valence electrons. The molecule has 1 aliphatic rings. The van der Waals surface area contributed by atoms with Crippen LogP contribution in [0.5, 0.6) is 11.5 Å². The van der Waals surface area contributed by atoms with Gasteiger partial charge in [-0.1, -0.05) is 66.7 Å². The number of nitrogens with one attached hydrogen (secondary N) is 1. The second-order valence-corrected chi connectivity index (χ2v) is 7.18. The summed E-state index contributed by atoms with van der Waals surface area (Å²) >= 11 is 0. The Kier molecular flexibility index (Phi) is 5.05. The second-order valence-electron chi connectivity index (χ2n) is 7.18. The van der Waals surface area contributed by atoms with Crippen molar-refractivity contribution in [2.45, 2.75) is 13.2 Å². The van der Waals surface area contributed by atoms with Gasteiger partial charge in [-0.25, -0.2) is 0 Å². The molecule has 30 heavy (non-hydrogen) atoms. The molecular weight excluding hydrogens is 372 g/mol.